The highest BCUT2D eigenvalue weighted by Gasteiger charge is 2.37. The third-order valence-electron chi connectivity index (χ3n) is 3.29. The van der Waals surface area contributed by atoms with Crippen LogP contribution in [0.5, 0.6) is 0 Å². The number of rotatable bonds is 2. The maximum atomic E-state index is 13.7. The van der Waals surface area contributed by atoms with Gasteiger partial charge in [0.2, 0.25) is 0 Å². The van der Waals surface area contributed by atoms with Crippen molar-refractivity contribution < 1.29 is 28.3 Å². The third-order valence-corrected chi connectivity index (χ3v) is 3.29. The highest BCUT2D eigenvalue weighted by molar-refractivity contribution is 6.34. The summed E-state index contributed by atoms with van der Waals surface area (Å²) in [7, 11) is 0. The average Bonchev–Trinajstić information content (AvgIpc) is 2.70. The van der Waals surface area contributed by atoms with Crippen molar-refractivity contribution in [3.63, 3.8) is 0 Å². The summed E-state index contributed by atoms with van der Waals surface area (Å²) in [4.78, 5) is 35.8. The molecule has 0 saturated heterocycles. The van der Waals surface area contributed by atoms with E-state index in [0.717, 1.165) is 0 Å². The normalized spacial score (nSPS) is 13.5. The van der Waals surface area contributed by atoms with Gasteiger partial charge in [0.15, 0.2) is 0 Å². The van der Waals surface area contributed by atoms with E-state index in [2.05, 4.69) is 0 Å². The van der Waals surface area contributed by atoms with E-state index < -0.39 is 35.0 Å². The van der Waals surface area contributed by atoms with Crippen molar-refractivity contribution >= 4 is 23.5 Å². The lowest BCUT2D eigenvalue weighted by Gasteiger charge is -2.15. The van der Waals surface area contributed by atoms with Crippen molar-refractivity contribution in [2.75, 3.05) is 4.90 Å². The lowest BCUT2D eigenvalue weighted by Crippen LogP contribution is -2.29. The molecule has 0 fully saturated rings. The van der Waals surface area contributed by atoms with E-state index in [1.807, 2.05) is 0 Å². The predicted molar refractivity (Wildman–Crippen MR) is 70.9 cm³/mol. The molecule has 110 valence electrons. The average molecular weight is 303 g/mol. The van der Waals surface area contributed by atoms with E-state index in [1.165, 1.54) is 12.1 Å². The first kappa shape index (κ1) is 13.9. The Kier molecular flexibility index (Phi) is 2.98. The molecule has 0 unspecified atom stereocenters. The maximum Gasteiger partial charge on any atom is 0.341 e. The van der Waals surface area contributed by atoms with Crippen LogP contribution in [0.4, 0.5) is 14.5 Å². The fourth-order valence-electron chi connectivity index (χ4n) is 2.32. The van der Waals surface area contributed by atoms with E-state index in [0.29, 0.717) is 17.0 Å². The van der Waals surface area contributed by atoms with Crippen LogP contribution >= 0.6 is 0 Å². The molecule has 1 aliphatic rings. The Morgan fingerprint density at radius 2 is 1.41 bits per heavy atom. The van der Waals surface area contributed by atoms with E-state index in [-0.39, 0.29) is 16.8 Å². The number of aromatic carboxylic acids is 1. The lowest BCUT2D eigenvalue weighted by atomic mass is 10.1. The molecule has 7 heteroatoms. The molecule has 0 bridgehead atoms. The van der Waals surface area contributed by atoms with Gasteiger partial charge in [0.1, 0.15) is 17.2 Å². The quantitative estimate of drug-likeness (QED) is 0.865. The summed E-state index contributed by atoms with van der Waals surface area (Å²) in [6, 6.07) is 7.26. The number of imide groups is 1. The molecular formula is C15H7F2NO4. The van der Waals surface area contributed by atoms with Gasteiger partial charge in [-0.05, 0) is 24.3 Å². The largest absolute Gasteiger partial charge is 0.477 e. The molecule has 3 rings (SSSR count). The van der Waals surface area contributed by atoms with Gasteiger partial charge in [0.05, 0.1) is 16.8 Å². The summed E-state index contributed by atoms with van der Waals surface area (Å²) in [5.41, 5.74) is -1.25. The molecule has 22 heavy (non-hydrogen) atoms. The smallest absolute Gasteiger partial charge is 0.341 e. The first-order chi connectivity index (χ1) is 10.4. The van der Waals surface area contributed by atoms with E-state index >= 15 is 0 Å². The fraction of sp³-hybridized carbons (Fsp3) is 0. The molecule has 1 heterocycles. The van der Waals surface area contributed by atoms with Gasteiger partial charge < -0.3 is 5.11 Å². The number of carboxylic acid groups (broad SMARTS) is 1. The van der Waals surface area contributed by atoms with Crippen LogP contribution in [0, 0.1) is 11.6 Å². The number of amides is 2. The van der Waals surface area contributed by atoms with Crippen LogP contribution in [0.15, 0.2) is 36.4 Å². The standard InChI is InChI=1S/C15H7F2NO4/c16-10-5-7(6-11(17)12(10)15(21)22)18-13(19)8-3-1-2-4-9(8)14(18)20/h1-6H,(H,21,22). The Morgan fingerprint density at radius 1 is 0.955 bits per heavy atom. The van der Waals surface area contributed by atoms with Gasteiger partial charge >= 0.3 is 5.97 Å². The zero-order valence-corrected chi connectivity index (χ0v) is 10.8. The molecule has 0 radical (unpaired) electrons. The molecule has 0 saturated carbocycles. The second-order valence-corrected chi connectivity index (χ2v) is 4.58. The van der Waals surface area contributed by atoms with Gasteiger partial charge in [-0.3, -0.25) is 9.59 Å². The van der Waals surface area contributed by atoms with Gasteiger partial charge in [-0.1, -0.05) is 12.1 Å². The number of fused-ring (bicyclic) bond motifs is 1. The van der Waals surface area contributed by atoms with Gasteiger partial charge in [0, 0.05) is 0 Å². The van der Waals surface area contributed by atoms with Crippen molar-refractivity contribution in [3.8, 4) is 0 Å². The third kappa shape index (κ3) is 1.86. The van der Waals surface area contributed by atoms with Crippen LogP contribution in [0.2, 0.25) is 0 Å². The Balaban J connectivity index is 2.13. The molecule has 0 aliphatic carbocycles. The van der Waals surface area contributed by atoms with Crippen molar-refractivity contribution in [1.82, 2.24) is 0 Å². The number of anilines is 1. The Bertz CT molecular complexity index is 789. The molecule has 1 N–H and O–H groups in total. The van der Waals surface area contributed by atoms with E-state index in [1.54, 1.807) is 12.1 Å². The number of carbonyl (C=O) groups is 3. The summed E-state index contributed by atoms with van der Waals surface area (Å²) in [6.45, 7) is 0. The Hall–Kier alpha value is -3.09. The number of benzene rings is 2. The monoisotopic (exact) mass is 303 g/mol. The summed E-state index contributed by atoms with van der Waals surface area (Å²) >= 11 is 0. The number of halogens is 2. The SMILES string of the molecule is O=C(O)c1c(F)cc(N2C(=O)c3ccccc3C2=O)cc1F. The fourth-order valence-corrected chi connectivity index (χ4v) is 2.32. The van der Waals surface area contributed by atoms with Crippen LogP contribution in [-0.2, 0) is 0 Å². The second kappa shape index (κ2) is 4.73. The molecule has 2 amide bonds. The molecule has 0 spiro atoms. The van der Waals surface area contributed by atoms with Crippen LogP contribution in [0.25, 0.3) is 0 Å². The molecule has 1 aliphatic heterocycles. The van der Waals surface area contributed by atoms with Crippen LogP contribution < -0.4 is 4.90 Å². The molecular weight excluding hydrogens is 296 g/mol. The summed E-state index contributed by atoms with van der Waals surface area (Å²) in [6.07, 6.45) is 0. The zero-order chi connectivity index (χ0) is 16.0. The minimum absolute atomic E-state index is 0.121. The van der Waals surface area contributed by atoms with E-state index in [4.69, 9.17) is 5.11 Å². The van der Waals surface area contributed by atoms with Gasteiger partial charge in [0.25, 0.3) is 11.8 Å². The number of hydrogen-bond acceptors (Lipinski definition) is 3. The van der Waals surface area contributed by atoms with Gasteiger partial charge in [-0.15, -0.1) is 0 Å². The molecule has 5 nitrogen and oxygen atoms in total. The first-order valence-electron chi connectivity index (χ1n) is 6.12. The maximum absolute atomic E-state index is 13.7. The van der Waals surface area contributed by atoms with Gasteiger partial charge in [-0.25, -0.2) is 18.5 Å². The molecule has 2 aromatic carbocycles. The minimum atomic E-state index is -1.77. The minimum Gasteiger partial charge on any atom is -0.477 e. The molecule has 0 atom stereocenters. The number of carbonyl (C=O) groups excluding carboxylic acids is 2. The topological polar surface area (TPSA) is 74.7 Å². The highest BCUT2D eigenvalue weighted by Crippen LogP contribution is 2.30. The second-order valence-electron chi connectivity index (χ2n) is 4.58. The van der Waals surface area contributed by atoms with Gasteiger partial charge in [-0.2, -0.15) is 0 Å². The summed E-state index contributed by atoms with van der Waals surface area (Å²) < 4.78 is 27.5. The number of nitrogens with zero attached hydrogens (tertiary/aromatic N) is 1. The van der Waals surface area contributed by atoms with Crippen LogP contribution in [-0.4, -0.2) is 22.9 Å². The lowest BCUT2D eigenvalue weighted by molar-refractivity contribution is 0.0686. The van der Waals surface area contributed by atoms with E-state index in [9.17, 15) is 23.2 Å². The molecule has 0 aromatic heterocycles. The van der Waals surface area contributed by atoms with Crippen LogP contribution in [0.1, 0.15) is 31.1 Å². The van der Waals surface area contributed by atoms with Crippen molar-refractivity contribution in [1.29, 1.82) is 0 Å². The molecule has 2 aromatic rings. The summed E-state index contributed by atoms with van der Waals surface area (Å²) in [5.74, 6) is -5.94. The number of hydrogen-bond donors (Lipinski definition) is 1. The zero-order valence-electron chi connectivity index (χ0n) is 10.8. The van der Waals surface area contributed by atoms with Crippen molar-refractivity contribution in [2.45, 2.75) is 0 Å². The van der Waals surface area contributed by atoms with Crippen molar-refractivity contribution in [2.24, 2.45) is 0 Å². The Labute approximate surface area is 122 Å². The Morgan fingerprint density at radius 3 is 1.82 bits per heavy atom. The summed E-state index contributed by atoms with van der Waals surface area (Å²) in [5, 5.41) is 8.72. The highest BCUT2D eigenvalue weighted by atomic mass is 19.1. The first-order valence-corrected chi connectivity index (χ1v) is 6.12. The number of carboxylic acids is 1. The van der Waals surface area contributed by atoms with Crippen molar-refractivity contribution in [3.05, 3.63) is 64.7 Å². The van der Waals surface area contributed by atoms with Crippen LogP contribution in [0.3, 0.4) is 0 Å². The predicted octanol–water partition coefficient (Wildman–Crippen LogP) is 2.46.